The lowest BCUT2D eigenvalue weighted by Crippen LogP contribution is -2.55. The molecule has 2 unspecified atom stereocenters. The second kappa shape index (κ2) is 7.24. The highest BCUT2D eigenvalue weighted by Gasteiger charge is 2.33. The van der Waals surface area contributed by atoms with E-state index >= 15 is 0 Å². The van der Waals surface area contributed by atoms with E-state index in [1.807, 2.05) is 0 Å². The van der Waals surface area contributed by atoms with Gasteiger partial charge in [-0.15, -0.1) is 0 Å². The van der Waals surface area contributed by atoms with Gasteiger partial charge in [0.25, 0.3) is 0 Å². The van der Waals surface area contributed by atoms with Gasteiger partial charge in [-0.05, 0) is 71.8 Å². The number of nitrogens with zero attached hydrogens (tertiary/aromatic N) is 2. The molecule has 0 bridgehead atoms. The average molecular weight is 279 g/mol. The summed E-state index contributed by atoms with van der Waals surface area (Å²) in [5, 5.41) is 3.57. The van der Waals surface area contributed by atoms with E-state index in [4.69, 9.17) is 0 Å². The third-order valence-corrected chi connectivity index (χ3v) is 5.98. The molecule has 2 heterocycles. The van der Waals surface area contributed by atoms with Crippen LogP contribution in [0.1, 0.15) is 57.8 Å². The number of likely N-dealkylation sites (tertiary alicyclic amines) is 2. The van der Waals surface area contributed by atoms with Crippen LogP contribution < -0.4 is 5.32 Å². The van der Waals surface area contributed by atoms with Crippen molar-refractivity contribution in [3.05, 3.63) is 0 Å². The van der Waals surface area contributed by atoms with Gasteiger partial charge < -0.3 is 10.2 Å². The number of hydrogen-bond acceptors (Lipinski definition) is 3. The Kier molecular flexibility index (Phi) is 5.36. The SMILES string of the molecule is CNC1CCCCC1N1CCC(N2CCCCC2)CC1. The molecule has 0 radical (unpaired) electrons. The fourth-order valence-electron chi connectivity index (χ4n) is 4.75. The zero-order valence-electron chi connectivity index (χ0n) is 13.3. The quantitative estimate of drug-likeness (QED) is 0.856. The molecule has 1 aliphatic carbocycles. The first kappa shape index (κ1) is 14.8. The van der Waals surface area contributed by atoms with Crippen LogP contribution in [0.2, 0.25) is 0 Å². The smallest absolute Gasteiger partial charge is 0.0249 e. The Hall–Kier alpha value is -0.120. The van der Waals surface area contributed by atoms with E-state index in [9.17, 15) is 0 Å². The van der Waals surface area contributed by atoms with Crippen molar-refractivity contribution in [3.63, 3.8) is 0 Å². The molecular formula is C17H33N3. The van der Waals surface area contributed by atoms with Gasteiger partial charge in [-0.25, -0.2) is 0 Å². The van der Waals surface area contributed by atoms with Crippen molar-refractivity contribution in [3.8, 4) is 0 Å². The first-order chi connectivity index (χ1) is 9.88. The van der Waals surface area contributed by atoms with Crippen molar-refractivity contribution < 1.29 is 0 Å². The van der Waals surface area contributed by atoms with E-state index < -0.39 is 0 Å². The lowest BCUT2D eigenvalue weighted by atomic mass is 9.87. The second-order valence-electron chi connectivity index (χ2n) is 7.11. The second-order valence-corrected chi connectivity index (χ2v) is 7.11. The predicted octanol–water partition coefficient (Wildman–Crippen LogP) is 2.47. The number of piperidine rings is 2. The Morgan fingerprint density at radius 2 is 1.40 bits per heavy atom. The molecule has 0 aromatic carbocycles. The summed E-state index contributed by atoms with van der Waals surface area (Å²) in [4.78, 5) is 5.60. The van der Waals surface area contributed by atoms with E-state index in [-0.39, 0.29) is 0 Å². The van der Waals surface area contributed by atoms with E-state index in [0.29, 0.717) is 0 Å². The van der Waals surface area contributed by atoms with Crippen LogP contribution in [0, 0.1) is 0 Å². The zero-order valence-corrected chi connectivity index (χ0v) is 13.3. The summed E-state index contributed by atoms with van der Waals surface area (Å²) in [5.41, 5.74) is 0. The zero-order chi connectivity index (χ0) is 13.8. The molecule has 2 atom stereocenters. The number of hydrogen-bond donors (Lipinski definition) is 1. The predicted molar refractivity (Wildman–Crippen MR) is 85.1 cm³/mol. The van der Waals surface area contributed by atoms with Crippen molar-refractivity contribution in [2.45, 2.75) is 75.9 Å². The van der Waals surface area contributed by atoms with Crippen molar-refractivity contribution >= 4 is 0 Å². The Labute approximate surface area is 125 Å². The first-order valence-corrected chi connectivity index (χ1v) is 9.04. The maximum absolute atomic E-state index is 3.57. The van der Waals surface area contributed by atoms with E-state index in [0.717, 1.165) is 18.1 Å². The molecule has 3 rings (SSSR count). The van der Waals surface area contributed by atoms with Crippen molar-refractivity contribution in [2.75, 3.05) is 33.2 Å². The number of nitrogens with one attached hydrogen (secondary N) is 1. The molecule has 116 valence electrons. The summed E-state index contributed by atoms with van der Waals surface area (Å²) in [6, 6.07) is 2.45. The van der Waals surface area contributed by atoms with Crippen LogP contribution in [-0.2, 0) is 0 Å². The molecule has 1 N–H and O–H groups in total. The van der Waals surface area contributed by atoms with E-state index in [1.54, 1.807) is 0 Å². The van der Waals surface area contributed by atoms with E-state index in [1.165, 1.54) is 84.0 Å². The largest absolute Gasteiger partial charge is 0.315 e. The number of rotatable bonds is 3. The molecule has 2 aliphatic heterocycles. The van der Waals surface area contributed by atoms with Crippen molar-refractivity contribution in [2.24, 2.45) is 0 Å². The minimum atomic E-state index is 0.746. The van der Waals surface area contributed by atoms with Gasteiger partial charge >= 0.3 is 0 Å². The molecule has 0 amide bonds. The van der Waals surface area contributed by atoms with Crippen molar-refractivity contribution in [1.29, 1.82) is 0 Å². The maximum Gasteiger partial charge on any atom is 0.0249 e. The Balaban J connectivity index is 1.49. The molecule has 0 spiro atoms. The van der Waals surface area contributed by atoms with Crippen LogP contribution >= 0.6 is 0 Å². The molecule has 3 heteroatoms. The van der Waals surface area contributed by atoms with Gasteiger partial charge in [0.1, 0.15) is 0 Å². The monoisotopic (exact) mass is 279 g/mol. The van der Waals surface area contributed by atoms with Crippen LogP contribution in [0.5, 0.6) is 0 Å². The summed E-state index contributed by atoms with van der Waals surface area (Å²) < 4.78 is 0. The Morgan fingerprint density at radius 1 is 0.700 bits per heavy atom. The van der Waals surface area contributed by atoms with Gasteiger partial charge in [-0.3, -0.25) is 4.90 Å². The molecule has 3 fully saturated rings. The van der Waals surface area contributed by atoms with Gasteiger partial charge in [-0.1, -0.05) is 19.3 Å². The molecule has 0 aromatic heterocycles. The molecular weight excluding hydrogens is 246 g/mol. The number of likely N-dealkylation sites (N-methyl/N-ethyl adjacent to an activating group) is 1. The van der Waals surface area contributed by atoms with Crippen LogP contribution in [-0.4, -0.2) is 61.2 Å². The molecule has 3 aliphatic rings. The molecule has 0 aromatic rings. The molecule has 2 saturated heterocycles. The lowest BCUT2D eigenvalue weighted by molar-refractivity contribution is 0.0506. The normalized spacial score (nSPS) is 35.2. The van der Waals surface area contributed by atoms with Crippen LogP contribution in [0.15, 0.2) is 0 Å². The van der Waals surface area contributed by atoms with Crippen LogP contribution in [0.4, 0.5) is 0 Å². The highest BCUT2D eigenvalue weighted by atomic mass is 15.2. The maximum atomic E-state index is 3.57. The highest BCUT2D eigenvalue weighted by Crippen LogP contribution is 2.27. The third kappa shape index (κ3) is 3.37. The van der Waals surface area contributed by atoms with E-state index in [2.05, 4.69) is 22.2 Å². The Bertz CT molecular complexity index is 280. The summed E-state index contributed by atoms with van der Waals surface area (Å²) >= 11 is 0. The summed E-state index contributed by atoms with van der Waals surface area (Å²) in [7, 11) is 2.16. The minimum absolute atomic E-state index is 0.746. The van der Waals surface area contributed by atoms with Gasteiger partial charge in [-0.2, -0.15) is 0 Å². The highest BCUT2D eigenvalue weighted by molar-refractivity contribution is 4.91. The van der Waals surface area contributed by atoms with Gasteiger partial charge in [0.05, 0.1) is 0 Å². The van der Waals surface area contributed by atoms with Gasteiger partial charge in [0, 0.05) is 18.1 Å². The van der Waals surface area contributed by atoms with Gasteiger partial charge in [0.15, 0.2) is 0 Å². The standard InChI is InChI=1S/C17H33N3/c1-18-16-7-3-4-8-17(16)20-13-9-15(10-14-20)19-11-5-2-6-12-19/h15-18H,2-14H2,1H3. The lowest BCUT2D eigenvalue weighted by Gasteiger charge is -2.45. The summed E-state index contributed by atoms with van der Waals surface area (Å²) in [6.45, 7) is 5.41. The summed E-state index contributed by atoms with van der Waals surface area (Å²) in [5.74, 6) is 0. The topological polar surface area (TPSA) is 18.5 Å². The molecule has 20 heavy (non-hydrogen) atoms. The fraction of sp³-hybridized carbons (Fsp3) is 1.00. The first-order valence-electron chi connectivity index (χ1n) is 9.04. The Morgan fingerprint density at radius 3 is 2.10 bits per heavy atom. The van der Waals surface area contributed by atoms with Crippen LogP contribution in [0.3, 0.4) is 0 Å². The van der Waals surface area contributed by atoms with Crippen LogP contribution in [0.25, 0.3) is 0 Å². The fourth-order valence-corrected chi connectivity index (χ4v) is 4.75. The molecule has 3 nitrogen and oxygen atoms in total. The third-order valence-electron chi connectivity index (χ3n) is 5.98. The van der Waals surface area contributed by atoms with Crippen molar-refractivity contribution in [1.82, 2.24) is 15.1 Å². The average Bonchev–Trinajstić information content (AvgIpc) is 2.56. The molecule has 1 saturated carbocycles. The summed E-state index contributed by atoms with van der Waals surface area (Å²) in [6.07, 6.45) is 12.8. The minimum Gasteiger partial charge on any atom is -0.315 e. The van der Waals surface area contributed by atoms with Gasteiger partial charge in [0.2, 0.25) is 0 Å².